The number of carbonyl (C=O) groups is 2. The fourth-order valence-corrected chi connectivity index (χ4v) is 5.89. The van der Waals surface area contributed by atoms with Crippen LogP contribution in [0.15, 0.2) is 30.3 Å². The van der Waals surface area contributed by atoms with Crippen LogP contribution >= 0.6 is 0 Å². The summed E-state index contributed by atoms with van der Waals surface area (Å²) in [6.07, 6.45) is 8.80. The summed E-state index contributed by atoms with van der Waals surface area (Å²) in [6, 6.07) is 10.4. The summed E-state index contributed by atoms with van der Waals surface area (Å²) in [7, 11) is 0. The van der Waals surface area contributed by atoms with Crippen molar-refractivity contribution in [1.29, 1.82) is 0 Å². The summed E-state index contributed by atoms with van der Waals surface area (Å²) in [6.45, 7) is 1.56. The average molecular weight is 385 g/mol. The number of carboxylic acids is 1. The van der Waals surface area contributed by atoms with E-state index in [0.717, 1.165) is 38.6 Å². The third kappa shape index (κ3) is 3.82. The SMILES string of the molecule is O=C(CN1C[C@@H]2CCC[C@@]2(C(=O)O)C1)NC(c1ccccc1)C1CCCCC1. The van der Waals surface area contributed by atoms with Crippen LogP contribution in [0, 0.1) is 17.3 Å². The van der Waals surface area contributed by atoms with Gasteiger partial charge in [0.1, 0.15) is 0 Å². The number of carboxylic acid groups (broad SMARTS) is 1. The molecule has 0 bridgehead atoms. The maximum Gasteiger partial charge on any atom is 0.311 e. The highest BCUT2D eigenvalue weighted by Crippen LogP contribution is 2.48. The third-order valence-corrected chi connectivity index (χ3v) is 7.33. The second-order valence-corrected chi connectivity index (χ2v) is 9.07. The molecule has 3 atom stereocenters. The van der Waals surface area contributed by atoms with Crippen molar-refractivity contribution in [3.63, 3.8) is 0 Å². The molecule has 1 heterocycles. The van der Waals surface area contributed by atoms with Crippen LogP contribution in [0.2, 0.25) is 0 Å². The Morgan fingerprint density at radius 1 is 1.11 bits per heavy atom. The van der Waals surface area contributed by atoms with Crippen molar-refractivity contribution < 1.29 is 14.7 Å². The first-order chi connectivity index (χ1) is 13.6. The fourth-order valence-electron chi connectivity index (χ4n) is 5.89. The van der Waals surface area contributed by atoms with E-state index in [4.69, 9.17) is 0 Å². The van der Waals surface area contributed by atoms with Gasteiger partial charge in [0, 0.05) is 13.1 Å². The Morgan fingerprint density at radius 3 is 2.54 bits per heavy atom. The second kappa shape index (κ2) is 8.24. The topological polar surface area (TPSA) is 69.6 Å². The number of benzene rings is 1. The molecule has 3 aliphatic rings. The molecule has 1 amide bonds. The van der Waals surface area contributed by atoms with Crippen molar-refractivity contribution in [2.75, 3.05) is 19.6 Å². The van der Waals surface area contributed by atoms with Crippen molar-refractivity contribution in [1.82, 2.24) is 10.2 Å². The Hall–Kier alpha value is -1.88. The van der Waals surface area contributed by atoms with Gasteiger partial charge in [-0.3, -0.25) is 14.5 Å². The molecule has 1 saturated heterocycles. The lowest BCUT2D eigenvalue weighted by Crippen LogP contribution is -2.42. The molecule has 1 unspecified atom stereocenters. The zero-order valence-electron chi connectivity index (χ0n) is 16.6. The summed E-state index contributed by atoms with van der Waals surface area (Å²) in [5.41, 5.74) is 0.561. The smallest absolute Gasteiger partial charge is 0.311 e. The van der Waals surface area contributed by atoms with Crippen molar-refractivity contribution in [3.05, 3.63) is 35.9 Å². The molecule has 0 aromatic heterocycles. The van der Waals surface area contributed by atoms with E-state index in [-0.39, 0.29) is 17.9 Å². The summed E-state index contributed by atoms with van der Waals surface area (Å²) >= 11 is 0. The number of rotatable bonds is 6. The number of fused-ring (bicyclic) bond motifs is 1. The zero-order chi connectivity index (χ0) is 19.6. The lowest BCUT2D eigenvalue weighted by molar-refractivity contribution is -0.149. The van der Waals surface area contributed by atoms with Gasteiger partial charge in [-0.05, 0) is 43.1 Å². The van der Waals surface area contributed by atoms with Crippen molar-refractivity contribution in [2.45, 2.75) is 57.4 Å². The third-order valence-electron chi connectivity index (χ3n) is 7.33. The highest BCUT2D eigenvalue weighted by atomic mass is 16.4. The molecule has 152 valence electrons. The first kappa shape index (κ1) is 19.4. The van der Waals surface area contributed by atoms with E-state index in [9.17, 15) is 14.7 Å². The minimum Gasteiger partial charge on any atom is -0.481 e. The molecule has 2 N–H and O–H groups in total. The zero-order valence-corrected chi connectivity index (χ0v) is 16.6. The lowest BCUT2D eigenvalue weighted by Gasteiger charge is -2.32. The minimum atomic E-state index is -0.678. The summed E-state index contributed by atoms with van der Waals surface area (Å²) in [5, 5.41) is 13.1. The van der Waals surface area contributed by atoms with Crippen LogP contribution in [0.25, 0.3) is 0 Å². The molecule has 1 aromatic rings. The summed E-state index contributed by atoms with van der Waals surface area (Å²) in [5.74, 6) is 0.0340. The standard InChI is InChI=1S/C23H32N2O3/c26-20(15-25-14-19-12-7-13-23(19,16-25)22(27)28)24-21(17-8-3-1-4-9-17)18-10-5-2-6-11-18/h1,3-4,8-9,18-19,21H,2,5-7,10-16H2,(H,24,26)(H,27,28)/t19-,21?,23+/m0/s1. The molecule has 3 fully saturated rings. The van der Waals surface area contributed by atoms with Crippen molar-refractivity contribution in [2.24, 2.45) is 17.3 Å². The van der Waals surface area contributed by atoms with Gasteiger partial charge < -0.3 is 10.4 Å². The molecule has 2 saturated carbocycles. The van der Waals surface area contributed by atoms with Crippen LogP contribution in [0.1, 0.15) is 63.0 Å². The maximum atomic E-state index is 12.9. The van der Waals surface area contributed by atoms with Gasteiger partial charge in [-0.2, -0.15) is 0 Å². The molecule has 28 heavy (non-hydrogen) atoms. The van der Waals surface area contributed by atoms with Crippen LogP contribution in [0.5, 0.6) is 0 Å². The van der Waals surface area contributed by atoms with Crippen molar-refractivity contribution in [3.8, 4) is 0 Å². The van der Waals surface area contributed by atoms with E-state index in [1.807, 2.05) is 18.2 Å². The molecule has 4 rings (SSSR count). The molecule has 0 spiro atoms. The first-order valence-electron chi connectivity index (χ1n) is 10.9. The molecular weight excluding hydrogens is 352 g/mol. The summed E-state index contributed by atoms with van der Waals surface area (Å²) in [4.78, 5) is 26.9. The molecule has 5 nitrogen and oxygen atoms in total. The van der Waals surface area contributed by atoms with E-state index >= 15 is 0 Å². The number of aliphatic carboxylic acids is 1. The van der Waals surface area contributed by atoms with E-state index in [0.29, 0.717) is 19.0 Å². The molecule has 1 aliphatic heterocycles. The number of hydrogen-bond donors (Lipinski definition) is 2. The Bertz CT molecular complexity index is 701. The highest BCUT2D eigenvalue weighted by molar-refractivity contribution is 5.80. The quantitative estimate of drug-likeness (QED) is 0.786. The number of nitrogens with zero attached hydrogens (tertiary/aromatic N) is 1. The lowest BCUT2D eigenvalue weighted by atomic mass is 9.81. The molecule has 5 heteroatoms. The molecule has 2 aliphatic carbocycles. The minimum absolute atomic E-state index is 0.0277. The van der Waals surface area contributed by atoms with Crippen LogP contribution in [0.4, 0.5) is 0 Å². The number of likely N-dealkylation sites (tertiary alicyclic amines) is 1. The number of nitrogens with one attached hydrogen (secondary N) is 1. The van der Waals surface area contributed by atoms with Crippen LogP contribution in [0.3, 0.4) is 0 Å². The Labute approximate surface area is 167 Å². The molecule has 1 aromatic carbocycles. The van der Waals surface area contributed by atoms with E-state index in [2.05, 4.69) is 22.3 Å². The van der Waals surface area contributed by atoms with Gasteiger partial charge in [0.15, 0.2) is 0 Å². The Balaban J connectivity index is 1.41. The van der Waals surface area contributed by atoms with E-state index in [1.54, 1.807) is 0 Å². The van der Waals surface area contributed by atoms with Gasteiger partial charge in [0.05, 0.1) is 18.0 Å². The predicted molar refractivity (Wildman–Crippen MR) is 108 cm³/mol. The first-order valence-corrected chi connectivity index (χ1v) is 10.9. The van der Waals surface area contributed by atoms with Gasteiger partial charge in [0.25, 0.3) is 0 Å². The predicted octanol–water partition coefficient (Wildman–Crippen LogP) is 3.61. The monoisotopic (exact) mass is 384 g/mol. The van der Waals surface area contributed by atoms with Crippen LogP contribution < -0.4 is 5.32 Å². The Kier molecular flexibility index (Phi) is 5.72. The number of carbonyl (C=O) groups excluding carboxylic acids is 1. The number of amides is 1. The normalized spacial score (nSPS) is 29.4. The number of hydrogen-bond acceptors (Lipinski definition) is 3. The summed E-state index contributed by atoms with van der Waals surface area (Å²) < 4.78 is 0. The maximum absolute atomic E-state index is 12.9. The highest BCUT2D eigenvalue weighted by Gasteiger charge is 2.54. The van der Waals surface area contributed by atoms with Crippen LogP contribution in [-0.4, -0.2) is 41.5 Å². The van der Waals surface area contributed by atoms with Gasteiger partial charge in [-0.1, -0.05) is 56.0 Å². The van der Waals surface area contributed by atoms with E-state index < -0.39 is 11.4 Å². The average Bonchev–Trinajstić information content (AvgIpc) is 3.25. The van der Waals surface area contributed by atoms with E-state index in [1.165, 1.54) is 24.8 Å². The van der Waals surface area contributed by atoms with Gasteiger partial charge in [-0.15, -0.1) is 0 Å². The molecular formula is C23H32N2O3. The van der Waals surface area contributed by atoms with Crippen molar-refractivity contribution >= 4 is 11.9 Å². The van der Waals surface area contributed by atoms with Gasteiger partial charge in [0.2, 0.25) is 5.91 Å². The second-order valence-electron chi connectivity index (χ2n) is 9.07. The van der Waals surface area contributed by atoms with Crippen LogP contribution in [-0.2, 0) is 9.59 Å². The molecule has 0 radical (unpaired) electrons. The fraction of sp³-hybridized carbons (Fsp3) is 0.652. The van der Waals surface area contributed by atoms with Gasteiger partial charge in [-0.25, -0.2) is 0 Å². The largest absolute Gasteiger partial charge is 0.481 e. The van der Waals surface area contributed by atoms with Gasteiger partial charge >= 0.3 is 5.97 Å². The Morgan fingerprint density at radius 2 is 1.86 bits per heavy atom.